The molecule has 1 fully saturated rings. The molecule has 1 atom stereocenters. The zero-order chi connectivity index (χ0) is 13.7. The van der Waals surface area contributed by atoms with Gasteiger partial charge >= 0.3 is 0 Å². The van der Waals surface area contributed by atoms with Crippen LogP contribution in [0.1, 0.15) is 37.3 Å². The summed E-state index contributed by atoms with van der Waals surface area (Å²) < 4.78 is 11.1. The van der Waals surface area contributed by atoms with E-state index in [1.165, 1.54) is 24.0 Å². The summed E-state index contributed by atoms with van der Waals surface area (Å²) >= 11 is 0. The highest BCUT2D eigenvalue weighted by Gasteiger charge is 2.22. The lowest BCUT2D eigenvalue weighted by atomic mass is 10.0. The van der Waals surface area contributed by atoms with E-state index in [9.17, 15) is 0 Å². The fourth-order valence-corrected chi connectivity index (χ4v) is 2.11. The molecule has 106 valence electrons. The number of hydrogen-bond acceptors (Lipinski definition) is 3. The Balaban J connectivity index is 2.08. The minimum atomic E-state index is 0.195. The second-order valence-electron chi connectivity index (χ2n) is 5.50. The fourth-order valence-electron chi connectivity index (χ4n) is 2.11. The smallest absolute Gasteiger partial charge is 0.122 e. The van der Waals surface area contributed by atoms with Gasteiger partial charge in [0.25, 0.3) is 0 Å². The van der Waals surface area contributed by atoms with Gasteiger partial charge in [0.05, 0.1) is 13.2 Å². The minimum absolute atomic E-state index is 0.195. The van der Waals surface area contributed by atoms with Crippen molar-refractivity contribution in [2.45, 2.75) is 45.3 Å². The molecule has 3 nitrogen and oxygen atoms in total. The Bertz CT molecular complexity index is 402. The van der Waals surface area contributed by atoms with E-state index in [4.69, 9.17) is 15.2 Å². The molecule has 0 radical (unpaired) electrons. The summed E-state index contributed by atoms with van der Waals surface area (Å²) in [4.78, 5) is 0. The van der Waals surface area contributed by atoms with Gasteiger partial charge in [-0.15, -0.1) is 0 Å². The van der Waals surface area contributed by atoms with E-state index >= 15 is 0 Å². The van der Waals surface area contributed by atoms with E-state index < -0.39 is 0 Å². The minimum Gasteiger partial charge on any atom is -0.493 e. The average Bonchev–Trinajstić information content (AvgIpc) is 3.22. The molecule has 0 aromatic heterocycles. The van der Waals surface area contributed by atoms with E-state index in [0.29, 0.717) is 6.61 Å². The molecule has 1 aromatic carbocycles. The van der Waals surface area contributed by atoms with Crippen LogP contribution in [-0.4, -0.2) is 19.8 Å². The van der Waals surface area contributed by atoms with Crippen LogP contribution in [0.15, 0.2) is 18.2 Å². The molecule has 0 spiro atoms. The van der Waals surface area contributed by atoms with Gasteiger partial charge < -0.3 is 15.2 Å². The third kappa shape index (κ3) is 4.51. The van der Waals surface area contributed by atoms with Crippen molar-refractivity contribution in [1.29, 1.82) is 0 Å². The van der Waals surface area contributed by atoms with Crippen LogP contribution >= 0.6 is 0 Å². The Morgan fingerprint density at radius 3 is 2.79 bits per heavy atom. The first kappa shape index (κ1) is 14.4. The maximum absolute atomic E-state index is 6.08. The highest BCUT2D eigenvalue weighted by atomic mass is 16.5. The zero-order valence-electron chi connectivity index (χ0n) is 12.0. The largest absolute Gasteiger partial charge is 0.493 e. The van der Waals surface area contributed by atoms with Crippen LogP contribution in [0.3, 0.4) is 0 Å². The monoisotopic (exact) mass is 263 g/mol. The molecule has 1 aliphatic carbocycles. The maximum Gasteiger partial charge on any atom is 0.122 e. The maximum atomic E-state index is 6.08. The van der Waals surface area contributed by atoms with Crippen molar-refractivity contribution < 1.29 is 9.47 Å². The summed E-state index contributed by atoms with van der Waals surface area (Å²) in [5.74, 6) is 1.77. The van der Waals surface area contributed by atoms with Crippen molar-refractivity contribution in [2.24, 2.45) is 11.7 Å². The van der Waals surface area contributed by atoms with Crippen LogP contribution < -0.4 is 10.5 Å². The van der Waals surface area contributed by atoms with Gasteiger partial charge in [0.2, 0.25) is 0 Å². The van der Waals surface area contributed by atoms with Crippen LogP contribution in [0.2, 0.25) is 0 Å². The lowest BCUT2D eigenvalue weighted by Gasteiger charge is -2.15. The van der Waals surface area contributed by atoms with Crippen molar-refractivity contribution in [3.8, 4) is 5.75 Å². The van der Waals surface area contributed by atoms with Crippen LogP contribution in [0.25, 0.3) is 0 Å². The molecule has 1 unspecified atom stereocenters. The molecule has 1 aliphatic rings. The van der Waals surface area contributed by atoms with E-state index in [1.807, 2.05) is 0 Å². The summed E-state index contributed by atoms with van der Waals surface area (Å²) in [6.45, 7) is 3.60. The van der Waals surface area contributed by atoms with Crippen LogP contribution in [0, 0.1) is 5.92 Å². The second-order valence-corrected chi connectivity index (χ2v) is 5.50. The highest BCUT2D eigenvalue weighted by Crippen LogP contribution is 2.31. The number of nitrogens with two attached hydrogens (primary N) is 1. The Labute approximate surface area is 116 Å². The third-order valence-corrected chi connectivity index (χ3v) is 3.61. The number of rotatable bonds is 8. The number of methoxy groups -OCH3 is 1. The van der Waals surface area contributed by atoms with Gasteiger partial charge in [-0.2, -0.15) is 0 Å². The standard InChI is InChI=1S/C16H25NO2/c1-3-15(17)9-14-8-13(10-18-2)6-7-16(14)19-11-12-4-5-12/h6-8,12,15H,3-5,9-11,17H2,1-2H3. The molecule has 2 rings (SSSR count). The summed E-state index contributed by atoms with van der Waals surface area (Å²) in [7, 11) is 1.72. The van der Waals surface area contributed by atoms with Gasteiger partial charge in [-0.3, -0.25) is 0 Å². The molecule has 0 bridgehead atoms. The highest BCUT2D eigenvalue weighted by molar-refractivity contribution is 5.38. The Morgan fingerprint density at radius 2 is 2.16 bits per heavy atom. The van der Waals surface area contributed by atoms with Crippen LogP contribution in [-0.2, 0) is 17.8 Å². The predicted octanol–water partition coefficient (Wildman–Crippen LogP) is 2.90. The van der Waals surface area contributed by atoms with Crippen molar-refractivity contribution in [3.63, 3.8) is 0 Å². The third-order valence-electron chi connectivity index (χ3n) is 3.61. The van der Waals surface area contributed by atoms with Crippen molar-refractivity contribution in [1.82, 2.24) is 0 Å². The van der Waals surface area contributed by atoms with Crippen LogP contribution in [0.5, 0.6) is 5.75 Å². The summed E-state index contributed by atoms with van der Waals surface area (Å²) in [6, 6.07) is 6.50. The molecule has 0 saturated heterocycles. The fraction of sp³-hybridized carbons (Fsp3) is 0.625. The molecule has 3 heteroatoms. The van der Waals surface area contributed by atoms with Gasteiger partial charge in [-0.1, -0.05) is 13.0 Å². The summed E-state index contributed by atoms with van der Waals surface area (Å²) in [5, 5.41) is 0. The van der Waals surface area contributed by atoms with Gasteiger partial charge in [0.15, 0.2) is 0 Å². The number of hydrogen-bond donors (Lipinski definition) is 1. The Kier molecular flexibility index (Phi) is 5.23. The normalized spacial score (nSPS) is 16.4. The molecule has 1 aromatic rings. The number of benzene rings is 1. The molecule has 19 heavy (non-hydrogen) atoms. The van der Waals surface area contributed by atoms with Crippen molar-refractivity contribution in [2.75, 3.05) is 13.7 Å². The molecular weight excluding hydrogens is 238 g/mol. The van der Waals surface area contributed by atoms with Gasteiger partial charge in [0.1, 0.15) is 5.75 Å². The van der Waals surface area contributed by atoms with E-state index in [1.54, 1.807) is 7.11 Å². The predicted molar refractivity (Wildman–Crippen MR) is 77.3 cm³/mol. The lowest BCUT2D eigenvalue weighted by molar-refractivity contribution is 0.184. The Hall–Kier alpha value is -1.06. The second kappa shape index (κ2) is 6.92. The molecule has 1 saturated carbocycles. The van der Waals surface area contributed by atoms with E-state index in [-0.39, 0.29) is 6.04 Å². The first-order valence-corrected chi connectivity index (χ1v) is 7.22. The summed E-state index contributed by atoms with van der Waals surface area (Å²) in [5.41, 5.74) is 8.47. The zero-order valence-corrected chi connectivity index (χ0v) is 12.0. The number of ether oxygens (including phenoxy) is 2. The lowest BCUT2D eigenvalue weighted by Crippen LogP contribution is -2.22. The average molecular weight is 263 g/mol. The first-order valence-electron chi connectivity index (χ1n) is 7.22. The van der Waals surface area contributed by atoms with Crippen molar-refractivity contribution >= 4 is 0 Å². The molecule has 2 N–H and O–H groups in total. The van der Waals surface area contributed by atoms with Gasteiger partial charge in [-0.05, 0) is 54.9 Å². The Morgan fingerprint density at radius 1 is 1.37 bits per heavy atom. The first-order chi connectivity index (χ1) is 9.22. The quantitative estimate of drug-likeness (QED) is 0.784. The van der Waals surface area contributed by atoms with Gasteiger partial charge in [-0.25, -0.2) is 0 Å². The molecule has 0 amide bonds. The SMILES string of the molecule is CCC(N)Cc1cc(COC)ccc1OCC1CC1. The van der Waals surface area contributed by atoms with E-state index in [0.717, 1.165) is 31.1 Å². The molecule has 0 aliphatic heterocycles. The van der Waals surface area contributed by atoms with Crippen LogP contribution in [0.4, 0.5) is 0 Å². The summed E-state index contributed by atoms with van der Waals surface area (Å²) in [6.07, 6.45) is 4.47. The van der Waals surface area contributed by atoms with Gasteiger partial charge in [0, 0.05) is 13.2 Å². The topological polar surface area (TPSA) is 44.5 Å². The molecular formula is C16H25NO2. The van der Waals surface area contributed by atoms with E-state index in [2.05, 4.69) is 25.1 Å². The molecule has 0 heterocycles. The van der Waals surface area contributed by atoms with Crippen molar-refractivity contribution in [3.05, 3.63) is 29.3 Å².